The fraction of sp³-hybridized carbons (Fsp3) is 0.191. The van der Waals surface area contributed by atoms with E-state index in [0.29, 0.717) is 46.2 Å². The van der Waals surface area contributed by atoms with Crippen LogP contribution in [-0.4, -0.2) is 0 Å². The first-order chi connectivity index (χ1) is 26.6. The Kier molecular flexibility index (Phi) is 12.5. The summed E-state index contributed by atoms with van der Waals surface area (Å²) in [6, 6.07) is 30.2. The Morgan fingerprint density at radius 1 is 0.345 bits per heavy atom. The van der Waals surface area contributed by atoms with E-state index in [9.17, 15) is 8.78 Å². The van der Waals surface area contributed by atoms with Crippen LogP contribution in [0, 0.1) is 57.6 Å². The SMILES string of the molecule is N#Cc1ccc(-c2ccc(-c3c(F)cc(CCCCCCCCCc4cc(F)c(-c5ccc(-c6ccc(C#N)cc6)c(F)c5)c(F)c4)cc3F)cc2F)cc1. The third kappa shape index (κ3) is 9.34. The fourth-order valence-electron chi connectivity index (χ4n) is 6.89. The van der Waals surface area contributed by atoms with Crippen molar-refractivity contribution >= 4 is 0 Å². The van der Waals surface area contributed by atoms with E-state index in [0.717, 1.165) is 57.1 Å². The zero-order chi connectivity index (χ0) is 38.9. The van der Waals surface area contributed by atoms with Crippen LogP contribution < -0.4 is 0 Å². The van der Waals surface area contributed by atoms with Gasteiger partial charge in [-0.15, -0.1) is 0 Å². The topological polar surface area (TPSA) is 47.6 Å². The monoisotopic (exact) mass is 742 g/mol. The van der Waals surface area contributed by atoms with Crippen LogP contribution in [0.15, 0.2) is 109 Å². The molecule has 0 aromatic heterocycles. The van der Waals surface area contributed by atoms with Crippen molar-refractivity contribution in [1.82, 2.24) is 0 Å². The molecule has 2 nitrogen and oxygen atoms in total. The third-order valence-corrected chi connectivity index (χ3v) is 9.80. The smallest absolute Gasteiger partial charge is 0.134 e. The predicted molar refractivity (Wildman–Crippen MR) is 204 cm³/mol. The molecule has 6 aromatic carbocycles. The van der Waals surface area contributed by atoms with Gasteiger partial charge in [0.1, 0.15) is 34.9 Å². The minimum atomic E-state index is -0.751. The van der Waals surface area contributed by atoms with Crippen LogP contribution >= 0.6 is 0 Å². The number of hydrogen-bond acceptors (Lipinski definition) is 2. The molecule has 0 aliphatic rings. The van der Waals surface area contributed by atoms with Gasteiger partial charge in [0.25, 0.3) is 0 Å². The van der Waals surface area contributed by atoms with Gasteiger partial charge < -0.3 is 0 Å². The lowest BCUT2D eigenvalue weighted by Crippen LogP contribution is -1.97. The average molecular weight is 743 g/mol. The Hall–Kier alpha value is -6.12. The van der Waals surface area contributed by atoms with E-state index >= 15 is 17.6 Å². The molecule has 55 heavy (non-hydrogen) atoms. The molecule has 0 bridgehead atoms. The summed E-state index contributed by atoms with van der Waals surface area (Å²) in [6.07, 6.45) is 7.08. The first-order valence-electron chi connectivity index (χ1n) is 18.2. The lowest BCUT2D eigenvalue weighted by molar-refractivity contribution is 0.566. The van der Waals surface area contributed by atoms with Crippen molar-refractivity contribution in [3.8, 4) is 56.6 Å². The van der Waals surface area contributed by atoms with Gasteiger partial charge in [0, 0.05) is 11.1 Å². The van der Waals surface area contributed by atoms with Crippen molar-refractivity contribution in [2.24, 2.45) is 0 Å². The molecule has 0 amide bonds. The molecular weight excluding hydrogens is 707 g/mol. The molecule has 0 spiro atoms. The van der Waals surface area contributed by atoms with Gasteiger partial charge in [0.15, 0.2) is 0 Å². The highest BCUT2D eigenvalue weighted by Gasteiger charge is 2.18. The highest BCUT2D eigenvalue weighted by Crippen LogP contribution is 2.34. The molecule has 8 heteroatoms. The molecule has 6 aromatic rings. The van der Waals surface area contributed by atoms with Crippen molar-refractivity contribution in [1.29, 1.82) is 10.5 Å². The lowest BCUT2D eigenvalue weighted by Gasteiger charge is -2.11. The largest absolute Gasteiger partial charge is 0.206 e. The summed E-state index contributed by atoms with van der Waals surface area (Å²) in [4.78, 5) is 0. The Labute approximate surface area is 317 Å². The van der Waals surface area contributed by atoms with E-state index in [-0.39, 0.29) is 33.4 Å². The van der Waals surface area contributed by atoms with Crippen LogP contribution in [0.5, 0.6) is 0 Å². The van der Waals surface area contributed by atoms with Crippen molar-refractivity contribution in [3.05, 3.63) is 166 Å². The molecule has 0 saturated heterocycles. The van der Waals surface area contributed by atoms with Crippen LogP contribution in [-0.2, 0) is 12.8 Å². The second-order valence-corrected chi connectivity index (χ2v) is 13.6. The first kappa shape index (κ1) is 38.6. The number of unbranched alkanes of at least 4 members (excludes halogenated alkanes) is 6. The average Bonchev–Trinajstić information content (AvgIpc) is 3.17. The highest BCUT2D eigenvalue weighted by atomic mass is 19.2. The van der Waals surface area contributed by atoms with E-state index in [4.69, 9.17) is 10.5 Å². The fourth-order valence-corrected chi connectivity index (χ4v) is 6.89. The second kappa shape index (κ2) is 17.8. The molecular formula is C47H36F6N2. The quantitative estimate of drug-likeness (QED) is 0.0824. The Morgan fingerprint density at radius 2 is 0.655 bits per heavy atom. The summed E-state index contributed by atoms with van der Waals surface area (Å²) >= 11 is 0. The maximum atomic E-state index is 15.1. The number of benzene rings is 6. The summed E-state index contributed by atoms with van der Waals surface area (Å²) < 4.78 is 90.3. The van der Waals surface area contributed by atoms with Gasteiger partial charge in [-0.2, -0.15) is 10.5 Å². The van der Waals surface area contributed by atoms with Crippen LogP contribution in [0.25, 0.3) is 44.5 Å². The van der Waals surface area contributed by atoms with Gasteiger partial charge >= 0.3 is 0 Å². The van der Waals surface area contributed by atoms with Gasteiger partial charge in [0.2, 0.25) is 0 Å². The molecule has 0 saturated carbocycles. The van der Waals surface area contributed by atoms with E-state index in [1.54, 1.807) is 48.5 Å². The maximum absolute atomic E-state index is 15.1. The number of rotatable bonds is 14. The normalized spacial score (nSPS) is 11.0. The number of halogens is 6. The molecule has 276 valence electrons. The lowest BCUT2D eigenvalue weighted by atomic mass is 9.96. The van der Waals surface area contributed by atoms with E-state index in [2.05, 4.69) is 0 Å². The molecule has 0 atom stereocenters. The zero-order valence-electron chi connectivity index (χ0n) is 29.9. The third-order valence-electron chi connectivity index (χ3n) is 9.80. The summed E-state index contributed by atoms with van der Waals surface area (Å²) in [5.74, 6) is -4.25. The van der Waals surface area contributed by atoms with Crippen LogP contribution in [0.3, 0.4) is 0 Å². The van der Waals surface area contributed by atoms with Crippen LogP contribution in [0.1, 0.15) is 67.2 Å². The highest BCUT2D eigenvalue weighted by molar-refractivity contribution is 5.73. The van der Waals surface area contributed by atoms with Crippen molar-refractivity contribution in [3.63, 3.8) is 0 Å². The van der Waals surface area contributed by atoms with E-state index < -0.39 is 34.9 Å². The Balaban J connectivity index is 0.929. The number of nitrogens with zero attached hydrogens (tertiary/aromatic N) is 2. The molecule has 0 N–H and O–H groups in total. The molecule has 0 aliphatic heterocycles. The Bertz CT molecular complexity index is 2170. The van der Waals surface area contributed by atoms with Crippen molar-refractivity contribution < 1.29 is 26.3 Å². The molecule has 0 radical (unpaired) electrons. The zero-order valence-corrected chi connectivity index (χ0v) is 29.9. The summed E-state index contributed by atoms with van der Waals surface area (Å²) in [6.45, 7) is 0. The predicted octanol–water partition coefficient (Wildman–Crippen LogP) is 13.4. The van der Waals surface area contributed by atoms with Crippen LogP contribution in [0.2, 0.25) is 0 Å². The Morgan fingerprint density at radius 3 is 0.964 bits per heavy atom. The van der Waals surface area contributed by atoms with Crippen molar-refractivity contribution in [2.75, 3.05) is 0 Å². The van der Waals surface area contributed by atoms with Crippen LogP contribution in [0.4, 0.5) is 26.3 Å². The molecule has 0 unspecified atom stereocenters. The second-order valence-electron chi connectivity index (χ2n) is 13.6. The van der Waals surface area contributed by atoms with Gasteiger partial charge in [-0.1, -0.05) is 80.6 Å². The van der Waals surface area contributed by atoms with Gasteiger partial charge in [-0.3, -0.25) is 0 Å². The molecule has 6 rings (SSSR count). The molecule has 0 heterocycles. The van der Waals surface area contributed by atoms with E-state index in [1.807, 2.05) is 12.1 Å². The first-order valence-corrected chi connectivity index (χ1v) is 18.2. The summed E-state index contributed by atoms with van der Waals surface area (Å²) in [7, 11) is 0. The van der Waals surface area contributed by atoms with Gasteiger partial charge in [-0.25, -0.2) is 26.3 Å². The van der Waals surface area contributed by atoms with Gasteiger partial charge in [0.05, 0.1) is 34.4 Å². The summed E-state index contributed by atoms with van der Waals surface area (Å²) in [5, 5.41) is 18.0. The van der Waals surface area contributed by atoms with Gasteiger partial charge in [-0.05, 0) is 120 Å². The number of hydrogen-bond donors (Lipinski definition) is 0. The number of nitriles is 2. The summed E-state index contributed by atoms with van der Waals surface area (Å²) in [5.41, 5.74) is 3.23. The standard InChI is InChI=1S/C47H36F6N2/c48-40-26-36(18-20-38(40)34-14-10-30(28-54)11-15-34)46-42(50)22-32(23-43(46)51)8-6-4-2-1-3-5-7-9-33-24-44(52)47(45(53)25-33)37-19-21-39(41(49)27-37)35-16-12-31(29-55)13-17-35/h10-27H,1-9H2. The molecule has 0 fully saturated rings. The maximum Gasteiger partial charge on any atom is 0.134 e. The minimum Gasteiger partial charge on any atom is -0.206 e. The number of aryl methyl sites for hydroxylation is 2. The minimum absolute atomic E-state index is 0.101. The van der Waals surface area contributed by atoms with Crippen molar-refractivity contribution in [2.45, 2.75) is 57.8 Å². The van der Waals surface area contributed by atoms with E-state index in [1.165, 1.54) is 48.5 Å². The molecule has 0 aliphatic carbocycles.